The number of ether oxygens (including phenoxy) is 1. The molecule has 0 bridgehead atoms. The number of anilines is 1. The van der Waals surface area contributed by atoms with Gasteiger partial charge in [0.1, 0.15) is 11.4 Å². The number of nitro groups is 1. The molecular weight excluding hydrogens is 276 g/mol. The number of rotatable bonds is 6. The maximum atomic E-state index is 11.0. The minimum Gasteiger partial charge on any atom is -0.497 e. The molecule has 0 atom stereocenters. The average molecular weight is 292 g/mol. The van der Waals surface area contributed by atoms with Crippen LogP contribution in [0.15, 0.2) is 30.3 Å². The van der Waals surface area contributed by atoms with Crippen molar-refractivity contribution in [3.8, 4) is 5.75 Å². The van der Waals surface area contributed by atoms with Gasteiger partial charge in [-0.1, -0.05) is 6.92 Å². The predicted molar refractivity (Wildman–Crippen MR) is 80.7 cm³/mol. The Morgan fingerprint density at radius 2 is 2.05 bits per heavy atom. The molecule has 0 aliphatic heterocycles. The standard InChI is InChI=1S/C14H16N2O3S/c1-3-11-5-6-12(20-11)9-15-13-8-10(19-2)4-7-14(13)16(17)18/h4-8,15H,3,9H2,1-2H3. The van der Waals surface area contributed by atoms with Crippen LogP contribution in [0.3, 0.4) is 0 Å². The molecule has 0 aliphatic carbocycles. The lowest BCUT2D eigenvalue weighted by Crippen LogP contribution is -2.02. The average Bonchev–Trinajstić information content (AvgIpc) is 2.92. The van der Waals surface area contributed by atoms with Gasteiger partial charge in [-0.05, 0) is 24.6 Å². The second-order valence-corrected chi connectivity index (χ2v) is 5.47. The first-order valence-electron chi connectivity index (χ1n) is 6.28. The van der Waals surface area contributed by atoms with Crippen LogP contribution in [-0.2, 0) is 13.0 Å². The van der Waals surface area contributed by atoms with Crippen LogP contribution >= 0.6 is 11.3 Å². The van der Waals surface area contributed by atoms with Crippen molar-refractivity contribution >= 4 is 22.7 Å². The molecule has 0 amide bonds. The first kappa shape index (κ1) is 14.3. The Kier molecular flexibility index (Phi) is 4.57. The molecule has 1 aromatic carbocycles. The Morgan fingerprint density at radius 3 is 2.65 bits per heavy atom. The lowest BCUT2D eigenvalue weighted by Gasteiger charge is -2.07. The third kappa shape index (κ3) is 3.27. The summed E-state index contributed by atoms with van der Waals surface area (Å²) >= 11 is 1.71. The van der Waals surface area contributed by atoms with Gasteiger partial charge in [-0.3, -0.25) is 10.1 Å². The topological polar surface area (TPSA) is 64.4 Å². The first-order valence-corrected chi connectivity index (χ1v) is 7.09. The number of aryl methyl sites for hydroxylation is 1. The van der Waals surface area contributed by atoms with Gasteiger partial charge in [0, 0.05) is 28.4 Å². The molecule has 0 fully saturated rings. The van der Waals surface area contributed by atoms with Crippen LogP contribution < -0.4 is 10.1 Å². The number of nitrogens with zero attached hydrogens (tertiary/aromatic N) is 1. The summed E-state index contributed by atoms with van der Waals surface area (Å²) in [6, 6.07) is 8.81. The zero-order chi connectivity index (χ0) is 14.5. The fourth-order valence-corrected chi connectivity index (χ4v) is 2.73. The van der Waals surface area contributed by atoms with E-state index in [1.807, 2.05) is 6.07 Å². The smallest absolute Gasteiger partial charge is 0.292 e. The molecule has 1 heterocycles. The molecule has 0 radical (unpaired) electrons. The number of benzene rings is 1. The molecule has 1 N–H and O–H groups in total. The molecule has 5 nitrogen and oxygen atoms in total. The van der Waals surface area contributed by atoms with E-state index in [-0.39, 0.29) is 5.69 Å². The lowest BCUT2D eigenvalue weighted by atomic mass is 10.2. The number of thiophene rings is 1. The van der Waals surface area contributed by atoms with Crippen molar-refractivity contribution in [3.63, 3.8) is 0 Å². The Balaban J connectivity index is 2.16. The van der Waals surface area contributed by atoms with Gasteiger partial charge in [-0.25, -0.2) is 0 Å². The van der Waals surface area contributed by atoms with Crippen LogP contribution in [0.5, 0.6) is 5.75 Å². The summed E-state index contributed by atoms with van der Waals surface area (Å²) in [5.74, 6) is 0.596. The second kappa shape index (κ2) is 6.38. The van der Waals surface area contributed by atoms with Crippen LogP contribution in [0.25, 0.3) is 0 Å². The van der Waals surface area contributed by atoms with E-state index in [1.54, 1.807) is 23.5 Å². The summed E-state index contributed by atoms with van der Waals surface area (Å²) in [6.07, 6.45) is 1.00. The van der Waals surface area contributed by atoms with Gasteiger partial charge < -0.3 is 10.1 Å². The van der Waals surface area contributed by atoms with Crippen LogP contribution in [0, 0.1) is 10.1 Å². The SMILES string of the molecule is CCc1ccc(CNc2cc(OC)ccc2[N+](=O)[O-])s1. The van der Waals surface area contributed by atoms with Gasteiger partial charge in [-0.15, -0.1) is 11.3 Å². The molecule has 2 rings (SSSR count). The zero-order valence-corrected chi connectivity index (χ0v) is 12.2. The Bertz CT molecular complexity index is 610. The molecule has 1 aromatic heterocycles. The predicted octanol–water partition coefficient (Wildman–Crippen LogP) is 3.84. The van der Waals surface area contributed by atoms with E-state index in [4.69, 9.17) is 4.74 Å². The minimum absolute atomic E-state index is 0.0538. The molecule has 0 unspecified atom stereocenters. The normalized spacial score (nSPS) is 10.3. The summed E-state index contributed by atoms with van der Waals surface area (Å²) in [6.45, 7) is 2.68. The first-order chi connectivity index (χ1) is 9.63. The molecule has 106 valence electrons. The zero-order valence-electron chi connectivity index (χ0n) is 11.4. The van der Waals surface area contributed by atoms with Gasteiger partial charge in [0.15, 0.2) is 0 Å². The van der Waals surface area contributed by atoms with Gasteiger partial charge in [0.25, 0.3) is 5.69 Å². The number of nitrogens with one attached hydrogen (secondary N) is 1. The fourth-order valence-electron chi connectivity index (χ4n) is 1.83. The minimum atomic E-state index is -0.395. The third-order valence-corrected chi connectivity index (χ3v) is 4.15. The monoisotopic (exact) mass is 292 g/mol. The van der Waals surface area contributed by atoms with E-state index < -0.39 is 4.92 Å². The Hall–Kier alpha value is -2.08. The summed E-state index contributed by atoms with van der Waals surface area (Å²) in [5.41, 5.74) is 0.527. The number of hydrogen-bond donors (Lipinski definition) is 1. The fraction of sp³-hybridized carbons (Fsp3) is 0.286. The Labute approximate surface area is 121 Å². The quantitative estimate of drug-likeness (QED) is 0.649. The van der Waals surface area contributed by atoms with Crippen molar-refractivity contribution < 1.29 is 9.66 Å². The second-order valence-electron chi connectivity index (χ2n) is 4.22. The molecule has 0 spiro atoms. The maximum Gasteiger partial charge on any atom is 0.292 e. The molecule has 2 aromatic rings. The highest BCUT2D eigenvalue weighted by Crippen LogP contribution is 2.29. The van der Waals surface area contributed by atoms with Crippen molar-refractivity contribution in [2.45, 2.75) is 19.9 Å². The summed E-state index contributed by atoms with van der Waals surface area (Å²) in [4.78, 5) is 13.1. The van der Waals surface area contributed by atoms with E-state index in [9.17, 15) is 10.1 Å². The summed E-state index contributed by atoms with van der Waals surface area (Å²) in [7, 11) is 1.54. The third-order valence-electron chi connectivity index (χ3n) is 2.92. The van der Waals surface area contributed by atoms with E-state index in [0.717, 1.165) is 11.3 Å². The van der Waals surface area contributed by atoms with E-state index >= 15 is 0 Å². The van der Waals surface area contributed by atoms with Crippen molar-refractivity contribution in [1.82, 2.24) is 0 Å². The lowest BCUT2D eigenvalue weighted by molar-refractivity contribution is -0.384. The van der Waals surface area contributed by atoms with Gasteiger partial charge in [-0.2, -0.15) is 0 Å². The largest absolute Gasteiger partial charge is 0.497 e. The molecule has 6 heteroatoms. The Morgan fingerprint density at radius 1 is 1.30 bits per heavy atom. The van der Waals surface area contributed by atoms with Crippen molar-refractivity contribution in [3.05, 3.63) is 50.2 Å². The van der Waals surface area contributed by atoms with Crippen LogP contribution in [0.1, 0.15) is 16.7 Å². The van der Waals surface area contributed by atoms with E-state index in [0.29, 0.717) is 18.0 Å². The van der Waals surface area contributed by atoms with Crippen LogP contribution in [0.2, 0.25) is 0 Å². The molecule has 0 aliphatic rings. The van der Waals surface area contributed by atoms with Crippen molar-refractivity contribution in [2.24, 2.45) is 0 Å². The van der Waals surface area contributed by atoms with Crippen molar-refractivity contribution in [1.29, 1.82) is 0 Å². The highest BCUT2D eigenvalue weighted by molar-refractivity contribution is 7.12. The van der Waals surface area contributed by atoms with Crippen LogP contribution in [0.4, 0.5) is 11.4 Å². The molecule has 0 saturated heterocycles. The summed E-state index contributed by atoms with van der Waals surface area (Å²) in [5, 5.41) is 14.1. The van der Waals surface area contributed by atoms with Gasteiger partial charge >= 0.3 is 0 Å². The van der Waals surface area contributed by atoms with Gasteiger partial charge in [0.05, 0.1) is 12.0 Å². The van der Waals surface area contributed by atoms with E-state index in [2.05, 4.69) is 18.3 Å². The number of nitro benzene ring substituents is 1. The highest BCUT2D eigenvalue weighted by atomic mass is 32.1. The van der Waals surface area contributed by atoms with Crippen LogP contribution in [-0.4, -0.2) is 12.0 Å². The highest BCUT2D eigenvalue weighted by Gasteiger charge is 2.14. The van der Waals surface area contributed by atoms with E-state index in [1.165, 1.54) is 18.1 Å². The van der Waals surface area contributed by atoms with Crippen molar-refractivity contribution in [2.75, 3.05) is 12.4 Å². The maximum absolute atomic E-state index is 11.0. The molecule has 0 saturated carbocycles. The summed E-state index contributed by atoms with van der Waals surface area (Å²) < 4.78 is 5.10. The van der Waals surface area contributed by atoms with Gasteiger partial charge in [0.2, 0.25) is 0 Å². The number of methoxy groups -OCH3 is 1. The molecular formula is C14H16N2O3S. The number of hydrogen-bond acceptors (Lipinski definition) is 5. The molecule has 20 heavy (non-hydrogen) atoms.